The second kappa shape index (κ2) is 5.28. The molecule has 2 aliphatic rings. The van der Waals surface area contributed by atoms with Crippen LogP contribution in [0.3, 0.4) is 0 Å². The van der Waals surface area contributed by atoms with Gasteiger partial charge in [-0.25, -0.2) is 0 Å². The monoisotopic (exact) mass is 212 g/mol. The van der Waals surface area contributed by atoms with Crippen LogP contribution in [0.4, 0.5) is 0 Å². The van der Waals surface area contributed by atoms with Crippen LogP contribution in [-0.4, -0.2) is 38.4 Å². The fraction of sp³-hybridized carbons (Fsp3) is 1.00. The molecule has 0 spiro atoms. The molecular weight excluding hydrogens is 188 g/mol. The minimum atomic E-state index is 0.534. The molecule has 3 heteroatoms. The largest absolute Gasteiger partial charge is 0.378 e. The minimum absolute atomic E-state index is 0.534. The van der Waals surface area contributed by atoms with Gasteiger partial charge in [0.2, 0.25) is 0 Å². The van der Waals surface area contributed by atoms with Crippen molar-refractivity contribution in [3.8, 4) is 0 Å². The average Bonchev–Trinajstić information content (AvgIpc) is 2.55. The smallest absolute Gasteiger partial charge is 0.0604 e. The molecule has 1 aliphatic heterocycles. The standard InChI is InChI=1S/C12H24N2O/c1-3-15-12-4-11(5-12)14-8-10-7-13-6-9(10)2/h9-14H,3-8H2,1-2H3. The highest BCUT2D eigenvalue weighted by molar-refractivity contribution is 4.88. The van der Waals surface area contributed by atoms with E-state index >= 15 is 0 Å². The van der Waals surface area contributed by atoms with E-state index in [-0.39, 0.29) is 0 Å². The zero-order valence-electron chi connectivity index (χ0n) is 9.96. The summed E-state index contributed by atoms with van der Waals surface area (Å²) >= 11 is 0. The molecule has 0 aromatic heterocycles. The van der Waals surface area contributed by atoms with Crippen LogP contribution in [0.2, 0.25) is 0 Å². The van der Waals surface area contributed by atoms with Gasteiger partial charge in [0.1, 0.15) is 0 Å². The summed E-state index contributed by atoms with van der Waals surface area (Å²) in [6.45, 7) is 8.84. The van der Waals surface area contributed by atoms with Crippen molar-refractivity contribution < 1.29 is 4.74 Å². The normalized spacial score (nSPS) is 40.4. The third kappa shape index (κ3) is 2.92. The van der Waals surface area contributed by atoms with Crippen LogP contribution >= 0.6 is 0 Å². The van der Waals surface area contributed by atoms with Crippen LogP contribution in [0.5, 0.6) is 0 Å². The Morgan fingerprint density at radius 1 is 1.33 bits per heavy atom. The second-order valence-electron chi connectivity index (χ2n) is 5.05. The summed E-state index contributed by atoms with van der Waals surface area (Å²) < 4.78 is 5.55. The molecule has 2 rings (SSSR count). The van der Waals surface area contributed by atoms with Crippen LogP contribution in [0.15, 0.2) is 0 Å². The quantitative estimate of drug-likeness (QED) is 0.713. The molecule has 0 radical (unpaired) electrons. The maximum atomic E-state index is 5.55. The molecule has 1 saturated carbocycles. The molecule has 2 atom stereocenters. The Bertz CT molecular complexity index is 192. The number of hydrogen-bond acceptors (Lipinski definition) is 3. The van der Waals surface area contributed by atoms with Gasteiger partial charge in [0.25, 0.3) is 0 Å². The van der Waals surface area contributed by atoms with Crippen molar-refractivity contribution in [3.63, 3.8) is 0 Å². The SMILES string of the molecule is CCOC1CC(NCC2CNCC2C)C1. The maximum absolute atomic E-state index is 5.55. The van der Waals surface area contributed by atoms with Gasteiger partial charge in [0.15, 0.2) is 0 Å². The van der Waals surface area contributed by atoms with E-state index in [1.165, 1.54) is 32.5 Å². The van der Waals surface area contributed by atoms with Crippen LogP contribution in [0.1, 0.15) is 26.7 Å². The molecule has 2 fully saturated rings. The average molecular weight is 212 g/mol. The molecule has 2 N–H and O–H groups in total. The molecule has 0 amide bonds. The lowest BCUT2D eigenvalue weighted by Gasteiger charge is -2.36. The van der Waals surface area contributed by atoms with Gasteiger partial charge in [-0.3, -0.25) is 0 Å². The third-order valence-electron chi connectivity index (χ3n) is 3.84. The number of nitrogens with one attached hydrogen (secondary N) is 2. The van der Waals surface area contributed by atoms with Gasteiger partial charge in [-0.2, -0.15) is 0 Å². The van der Waals surface area contributed by atoms with Crippen molar-refractivity contribution in [2.45, 2.75) is 38.8 Å². The lowest BCUT2D eigenvalue weighted by Crippen LogP contribution is -2.47. The molecule has 3 nitrogen and oxygen atoms in total. The molecule has 1 heterocycles. The molecule has 15 heavy (non-hydrogen) atoms. The van der Waals surface area contributed by atoms with E-state index < -0.39 is 0 Å². The van der Waals surface area contributed by atoms with E-state index in [0.29, 0.717) is 12.1 Å². The molecule has 1 saturated heterocycles. The second-order valence-corrected chi connectivity index (χ2v) is 5.05. The summed E-state index contributed by atoms with van der Waals surface area (Å²) in [7, 11) is 0. The van der Waals surface area contributed by atoms with Crippen LogP contribution in [0, 0.1) is 11.8 Å². The fourth-order valence-electron chi connectivity index (χ4n) is 2.56. The number of rotatable bonds is 5. The van der Waals surface area contributed by atoms with Crippen molar-refractivity contribution in [2.24, 2.45) is 11.8 Å². The lowest BCUT2D eigenvalue weighted by molar-refractivity contribution is -0.0106. The molecule has 0 bridgehead atoms. The highest BCUT2D eigenvalue weighted by atomic mass is 16.5. The highest BCUT2D eigenvalue weighted by Gasteiger charge is 2.30. The third-order valence-corrected chi connectivity index (χ3v) is 3.84. The maximum Gasteiger partial charge on any atom is 0.0604 e. The number of ether oxygens (including phenoxy) is 1. The van der Waals surface area contributed by atoms with E-state index in [1.54, 1.807) is 0 Å². The van der Waals surface area contributed by atoms with E-state index in [2.05, 4.69) is 24.5 Å². The van der Waals surface area contributed by atoms with E-state index in [0.717, 1.165) is 18.4 Å². The van der Waals surface area contributed by atoms with Gasteiger partial charge in [0.05, 0.1) is 6.10 Å². The topological polar surface area (TPSA) is 33.3 Å². The minimum Gasteiger partial charge on any atom is -0.378 e. The Morgan fingerprint density at radius 2 is 2.13 bits per heavy atom. The first-order chi connectivity index (χ1) is 7.29. The van der Waals surface area contributed by atoms with Gasteiger partial charge in [0, 0.05) is 12.6 Å². The van der Waals surface area contributed by atoms with E-state index in [4.69, 9.17) is 4.74 Å². The predicted molar refractivity (Wildman–Crippen MR) is 62.0 cm³/mol. The van der Waals surface area contributed by atoms with E-state index in [9.17, 15) is 0 Å². The summed E-state index contributed by atoms with van der Waals surface area (Å²) in [5, 5.41) is 7.11. The van der Waals surface area contributed by atoms with E-state index in [1.807, 2.05) is 0 Å². The predicted octanol–water partition coefficient (Wildman–Crippen LogP) is 0.999. The zero-order valence-corrected chi connectivity index (χ0v) is 9.96. The van der Waals surface area contributed by atoms with Crippen LogP contribution < -0.4 is 10.6 Å². The first-order valence-electron chi connectivity index (χ1n) is 6.35. The zero-order chi connectivity index (χ0) is 10.7. The molecule has 88 valence electrons. The van der Waals surface area contributed by atoms with Crippen LogP contribution in [0.25, 0.3) is 0 Å². The highest BCUT2D eigenvalue weighted by Crippen LogP contribution is 2.24. The summed E-state index contributed by atoms with van der Waals surface area (Å²) in [5.74, 6) is 1.66. The molecule has 2 unspecified atom stereocenters. The molecular formula is C12H24N2O. The Labute approximate surface area is 93.0 Å². The molecule has 1 aliphatic carbocycles. The van der Waals surface area contributed by atoms with Gasteiger partial charge in [-0.05, 0) is 51.2 Å². The Balaban J connectivity index is 1.56. The van der Waals surface area contributed by atoms with Crippen molar-refractivity contribution in [2.75, 3.05) is 26.2 Å². The van der Waals surface area contributed by atoms with Gasteiger partial charge in [-0.15, -0.1) is 0 Å². The van der Waals surface area contributed by atoms with Crippen molar-refractivity contribution in [3.05, 3.63) is 0 Å². The fourth-order valence-corrected chi connectivity index (χ4v) is 2.56. The summed E-state index contributed by atoms with van der Waals surface area (Å²) in [4.78, 5) is 0. The first kappa shape index (κ1) is 11.4. The van der Waals surface area contributed by atoms with Gasteiger partial charge in [-0.1, -0.05) is 6.92 Å². The summed E-state index contributed by atoms with van der Waals surface area (Å²) in [6, 6.07) is 0.717. The first-order valence-corrected chi connectivity index (χ1v) is 6.35. The molecule has 0 aromatic rings. The Morgan fingerprint density at radius 3 is 2.73 bits per heavy atom. The van der Waals surface area contributed by atoms with Crippen molar-refractivity contribution >= 4 is 0 Å². The molecule has 0 aromatic carbocycles. The van der Waals surface area contributed by atoms with Gasteiger partial charge >= 0.3 is 0 Å². The Kier molecular flexibility index (Phi) is 4.00. The number of hydrogen-bond donors (Lipinski definition) is 2. The summed E-state index contributed by atoms with van der Waals surface area (Å²) in [6.07, 6.45) is 2.96. The lowest BCUT2D eigenvalue weighted by atomic mass is 9.88. The van der Waals surface area contributed by atoms with Crippen LogP contribution in [-0.2, 0) is 4.74 Å². The Hall–Kier alpha value is -0.120. The van der Waals surface area contributed by atoms with Crippen molar-refractivity contribution in [1.82, 2.24) is 10.6 Å². The van der Waals surface area contributed by atoms with Gasteiger partial charge < -0.3 is 15.4 Å². The summed E-state index contributed by atoms with van der Waals surface area (Å²) in [5.41, 5.74) is 0. The van der Waals surface area contributed by atoms with Crippen molar-refractivity contribution in [1.29, 1.82) is 0 Å².